The molecule has 5 heteroatoms. The van der Waals surface area contributed by atoms with Gasteiger partial charge in [-0.2, -0.15) is 0 Å². The molecule has 0 saturated carbocycles. The largest absolute Gasteiger partial charge is 0.388 e. The fourth-order valence-corrected chi connectivity index (χ4v) is 2.78. The van der Waals surface area contributed by atoms with Crippen LogP contribution in [0.2, 0.25) is 0 Å². The smallest absolute Gasteiger partial charge is 0.191 e. The van der Waals surface area contributed by atoms with Crippen molar-refractivity contribution in [2.24, 2.45) is 4.99 Å². The van der Waals surface area contributed by atoms with Gasteiger partial charge in [0.1, 0.15) is 0 Å². The molecule has 0 amide bonds. The first-order valence-corrected chi connectivity index (χ1v) is 8.83. The summed E-state index contributed by atoms with van der Waals surface area (Å²) in [5.74, 6) is 0.751. The van der Waals surface area contributed by atoms with Gasteiger partial charge in [0, 0.05) is 44.6 Å². The predicted molar refractivity (Wildman–Crippen MR) is 98.5 cm³/mol. The molecule has 0 radical (unpaired) electrons. The van der Waals surface area contributed by atoms with Crippen molar-refractivity contribution in [2.45, 2.75) is 44.6 Å². The van der Waals surface area contributed by atoms with Crippen molar-refractivity contribution in [3.8, 4) is 0 Å². The van der Waals surface area contributed by atoms with Gasteiger partial charge in [-0.05, 0) is 12.5 Å². The van der Waals surface area contributed by atoms with Crippen molar-refractivity contribution in [1.29, 1.82) is 0 Å². The minimum absolute atomic E-state index is 0.0425. The highest BCUT2D eigenvalue weighted by molar-refractivity contribution is 5.79. The van der Waals surface area contributed by atoms with Crippen LogP contribution >= 0.6 is 0 Å². The Morgan fingerprint density at radius 3 is 2.50 bits per heavy atom. The zero-order valence-corrected chi connectivity index (χ0v) is 15.1. The van der Waals surface area contributed by atoms with Crippen molar-refractivity contribution >= 4 is 5.96 Å². The average molecular weight is 333 g/mol. The third-order valence-corrected chi connectivity index (χ3v) is 4.54. The third-order valence-electron chi connectivity index (χ3n) is 4.54. The number of guanidine groups is 1. The van der Waals surface area contributed by atoms with Crippen molar-refractivity contribution in [3.63, 3.8) is 0 Å². The maximum absolute atomic E-state index is 10.6. The molecule has 0 spiro atoms. The first-order valence-electron chi connectivity index (χ1n) is 8.83. The summed E-state index contributed by atoms with van der Waals surface area (Å²) in [6.07, 6.45) is 1.32. The van der Waals surface area contributed by atoms with Crippen LogP contribution in [0.3, 0.4) is 0 Å². The van der Waals surface area contributed by atoms with Gasteiger partial charge in [-0.15, -0.1) is 0 Å². The maximum atomic E-state index is 10.6. The number of rotatable bonds is 6. The Morgan fingerprint density at radius 2 is 1.88 bits per heavy atom. The highest BCUT2D eigenvalue weighted by Crippen LogP contribution is 2.23. The van der Waals surface area contributed by atoms with Gasteiger partial charge in [0.15, 0.2) is 5.96 Å². The van der Waals surface area contributed by atoms with Crippen molar-refractivity contribution in [1.82, 2.24) is 10.6 Å². The SMILES string of the molecule is CCNC(=NCC(C)(C)c1ccccc1)NCC1(O)CCOCC1. The Labute approximate surface area is 145 Å². The van der Waals surface area contributed by atoms with E-state index < -0.39 is 5.60 Å². The van der Waals surface area contributed by atoms with E-state index in [0.29, 0.717) is 39.1 Å². The molecule has 0 aliphatic carbocycles. The van der Waals surface area contributed by atoms with Crippen LogP contribution in [-0.4, -0.2) is 49.5 Å². The Hall–Kier alpha value is -1.59. The minimum Gasteiger partial charge on any atom is -0.388 e. The van der Waals surface area contributed by atoms with E-state index in [1.807, 2.05) is 13.0 Å². The van der Waals surface area contributed by atoms with Gasteiger partial charge in [0.05, 0.1) is 12.1 Å². The van der Waals surface area contributed by atoms with Crippen LogP contribution in [-0.2, 0) is 10.2 Å². The fourth-order valence-electron chi connectivity index (χ4n) is 2.78. The lowest BCUT2D eigenvalue weighted by molar-refractivity contribution is -0.0594. The third kappa shape index (κ3) is 5.49. The van der Waals surface area contributed by atoms with E-state index in [0.717, 1.165) is 12.5 Å². The zero-order chi connectivity index (χ0) is 17.5. The molecule has 0 aromatic heterocycles. The summed E-state index contributed by atoms with van der Waals surface area (Å²) in [4.78, 5) is 4.73. The van der Waals surface area contributed by atoms with Crippen LogP contribution in [0.25, 0.3) is 0 Å². The summed E-state index contributed by atoms with van der Waals surface area (Å²) in [6.45, 7) is 9.63. The van der Waals surface area contributed by atoms with Crippen molar-refractivity contribution < 1.29 is 9.84 Å². The lowest BCUT2D eigenvalue weighted by atomic mass is 9.85. The van der Waals surface area contributed by atoms with Crippen LogP contribution in [0.4, 0.5) is 0 Å². The Morgan fingerprint density at radius 1 is 1.21 bits per heavy atom. The van der Waals surface area contributed by atoms with Crippen LogP contribution in [0.15, 0.2) is 35.3 Å². The van der Waals surface area contributed by atoms with E-state index in [-0.39, 0.29) is 5.41 Å². The first kappa shape index (κ1) is 18.7. The van der Waals surface area contributed by atoms with Crippen molar-refractivity contribution in [3.05, 3.63) is 35.9 Å². The summed E-state index contributed by atoms with van der Waals surface area (Å²) in [6, 6.07) is 10.4. The number of nitrogens with zero attached hydrogens (tertiary/aromatic N) is 1. The highest BCUT2D eigenvalue weighted by atomic mass is 16.5. The topological polar surface area (TPSA) is 65.9 Å². The minimum atomic E-state index is -0.705. The molecule has 0 atom stereocenters. The maximum Gasteiger partial charge on any atom is 0.191 e. The van der Waals surface area contributed by atoms with E-state index in [2.05, 4.69) is 48.7 Å². The number of hydrogen-bond acceptors (Lipinski definition) is 3. The summed E-state index contributed by atoms with van der Waals surface area (Å²) >= 11 is 0. The molecular formula is C19H31N3O2. The number of benzene rings is 1. The van der Waals surface area contributed by atoms with Crippen LogP contribution in [0, 0.1) is 0 Å². The lowest BCUT2D eigenvalue weighted by Gasteiger charge is -2.32. The molecule has 1 fully saturated rings. The average Bonchev–Trinajstić information content (AvgIpc) is 2.59. The molecule has 3 N–H and O–H groups in total. The zero-order valence-electron chi connectivity index (χ0n) is 15.1. The van der Waals surface area contributed by atoms with E-state index in [4.69, 9.17) is 9.73 Å². The Kier molecular flexibility index (Phi) is 6.63. The molecule has 1 saturated heterocycles. The fraction of sp³-hybridized carbons (Fsp3) is 0.632. The monoisotopic (exact) mass is 333 g/mol. The lowest BCUT2D eigenvalue weighted by Crippen LogP contribution is -2.49. The second kappa shape index (κ2) is 8.49. The van der Waals surface area contributed by atoms with Crippen LogP contribution < -0.4 is 10.6 Å². The molecule has 0 unspecified atom stereocenters. The van der Waals surface area contributed by atoms with Gasteiger partial charge in [0.2, 0.25) is 0 Å². The van der Waals surface area contributed by atoms with Gasteiger partial charge in [-0.3, -0.25) is 4.99 Å². The molecule has 1 aliphatic rings. The summed E-state index contributed by atoms with van der Waals surface area (Å²) in [5.41, 5.74) is 0.524. The predicted octanol–water partition coefficient (Wildman–Crippen LogP) is 2.06. The molecule has 1 heterocycles. The van der Waals surface area contributed by atoms with E-state index >= 15 is 0 Å². The van der Waals surface area contributed by atoms with E-state index in [1.54, 1.807) is 0 Å². The van der Waals surface area contributed by atoms with E-state index in [1.165, 1.54) is 5.56 Å². The molecule has 24 heavy (non-hydrogen) atoms. The number of nitrogens with one attached hydrogen (secondary N) is 2. The Bertz CT molecular complexity index is 523. The van der Waals surface area contributed by atoms with Gasteiger partial charge in [-0.1, -0.05) is 44.2 Å². The molecule has 134 valence electrons. The molecule has 1 aliphatic heterocycles. The molecule has 2 rings (SSSR count). The second-order valence-electron chi connectivity index (χ2n) is 7.14. The first-order chi connectivity index (χ1) is 11.5. The van der Waals surface area contributed by atoms with Crippen LogP contribution in [0.1, 0.15) is 39.2 Å². The van der Waals surface area contributed by atoms with Gasteiger partial charge < -0.3 is 20.5 Å². The highest BCUT2D eigenvalue weighted by Gasteiger charge is 2.30. The van der Waals surface area contributed by atoms with Gasteiger partial charge >= 0.3 is 0 Å². The van der Waals surface area contributed by atoms with Crippen LogP contribution in [0.5, 0.6) is 0 Å². The Balaban J connectivity index is 1.97. The van der Waals surface area contributed by atoms with Crippen molar-refractivity contribution in [2.75, 3.05) is 32.8 Å². The summed E-state index contributed by atoms with van der Waals surface area (Å²) in [5, 5.41) is 17.1. The second-order valence-corrected chi connectivity index (χ2v) is 7.14. The summed E-state index contributed by atoms with van der Waals surface area (Å²) in [7, 11) is 0. The molecule has 0 bridgehead atoms. The normalized spacial score (nSPS) is 18.2. The number of aliphatic hydroxyl groups is 1. The molecular weight excluding hydrogens is 302 g/mol. The van der Waals surface area contributed by atoms with E-state index in [9.17, 15) is 5.11 Å². The molecule has 1 aromatic rings. The molecule has 1 aromatic carbocycles. The summed E-state index contributed by atoms with van der Waals surface area (Å²) < 4.78 is 5.33. The standard InChI is InChI=1S/C19H31N3O2/c1-4-20-17(22-15-19(23)10-12-24-13-11-19)21-14-18(2,3)16-8-6-5-7-9-16/h5-9,23H,4,10-15H2,1-3H3,(H2,20,21,22). The number of aliphatic imine (C=N–C) groups is 1. The van der Waals surface area contributed by atoms with Gasteiger partial charge in [0.25, 0.3) is 0 Å². The number of ether oxygens (including phenoxy) is 1. The quantitative estimate of drug-likeness (QED) is 0.551. The number of hydrogen-bond donors (Lipinski definition) is 3. The van der Waals surface area contributed by atoms with Gasteiger partial charge in [-0.25, -0.2) is 0 Å². The molecule has 5 nitrogen and oxygen atoms in total.